The van der Waals surface area contributed by atoms with Gasteiger partial charge in [0.15, 0.2) is 0 Å². The third kappa shape index (κ3) is 4.07. The fraction of sp³-hybridized carbons (Fsp3) is 0.667. The molecule has 2 nitrogen and oxygen atoms in total. The minimum atomic E-state index is 0.374. The van der Waals surface area contributed by atoms with E-state index in [4.69, 9.17) is 5.73 Å². The predicted octanol–water partition coefficient (Wildman–Crippen LogP) is 3.52. The van der Waals surface area contributed by atoms with Crippen molar-refractivity contribution < 1.29 is 0 Å². The van der Waals surface area contributed by atoms with Gasteiger partial charge in [0.2, 0.25) is 0 Å². The van der Waals surface area contributed by atoms with E-state index in [9.17, 15) is 0 Å². The Labute approximate surface area is 124 Å². The minimum absolute atomic E-state index is 0.374. The van der Waals surface area contributed by atoms with Crippen molar-refractivity contribution in [2.75, 3.05) is 13.1 Å². The van der Waals surface area contributed by atoms with Crippen LogP contribution in [-0.4, -0.2) is 24.0 Å². The van der Waals surface area contributed by atoms with Gasteiger partial charge in [-0.2, -0.15) is 0 Å². The zero-order chi connectivity index (χ0) is 14.5. The van der Waals surface area contributed by atoms with Gasteiger partial charge >= 0.3 is 0 Å². The van der Waals surface area contributed by atoms with E-state index in [0.717, 1.165) is 31.5 Å². The molecule has 0 amide bonds. The van der Waals surface area contributed by atoms with E-state index < -0.39 is 0 Å². The molecular formula is C18H30N2. The molecule has 1 saturated carbocycles. The molecule has 0 aromatic heterocycles. The molecule has 0 radical (unpaired) electrons. The zero-order valence-electron chi connectivity index (χ0n) is 13.3. The number of rotatable bonds is 5. The first-order chi connectivity index (χ1) is 9.60. The number of hydrogen-bond acceptors (Lipinski definition) is 2. The Kier molecular flexibility index (Phi) is 5.62. The van der Waals surface area contributed by atoms with Gasteiger partial charge in [-0.05, 0) is 42.7 Å². The fourth-order valence-electron chi connectivity index (χ4n) is 3.73. The van der Waals surface area contributed by atoms with Crippen molar-refractivity contribution in [1.82, 2.24) is 4.90 Å². The summed E-state index contributed by atoms with van der Waals surface area (Å²) in [6.45, 7) is 10.3. The van der Waals surface area contributed by atoms with Crippen molar-refractivity contribution in [2.45, 2.75) is 46.2 Å². The van der Waals surface area contributed by atoms with Crippen molar-refractivity contribution in [2.24, 2.45) is 23.5 Å². The van der Waals surface area contributed by atoms with Gasteiger partial charge in [0.25, 0.3) is 0 Å². The van der Waals surface area contributed by atoms with Gasteiger partial charge in [0.1, 0.15) is 0 Å². The van der Waals surface area contributed by atoms with Crippen LogP contribution in [0.4, 0.5) is 0 Å². The Hall–Kier alpha value is -0.860. The fourth-order valence-corrected chi connectivity index (χ4v) is 3.73. The zero-order valence-corrected chi connectivity index (χ0v) is 13.3. The average molecular weight is 274 g/mol. The summed E-state index contributed by atoms with van der Waals surface area (Å²) in [6, 6.07) is 11.1. The lowest BCUT2D eigenvalue weighted by atomic mass is 9.72. The lowest BCUT2D eigenvalue weighted by Crippen LogP contribution is -2.46. The molecule has 2 heteroatoms. The van der Waals surface area contributed by atoms with E-state index in [1.54, 1.807) is 0 Å². The highest BCUT2D eigenvalue weighted by Crippen LogP contribution is 2.33. The van der Waals surface area contributed by atoms with Crippen LogP contribution in [0.15, 0.2) is 30.3 Å². The summed E-state index contributed by atoms with van der Waals surface area (Å²) in [5, 5.41) is 0. The maximum atomic E-state index is 6.43. The monoisotopic (exact) mass is 274 g/mol. The van der Waals surface area contributed by atoms with Crippen LogP contribution in [0.3, 0.4) is 0 Å². The quantitative estimate of drug-likeness (QED) is 0.890. The highest BCUT2D eigenvalue weighted by atomic mass is 15.1. The molecule has 2 rings (SSSR count). The Balaban J connectivity index is 1.95. The number of hydrogen-bond donors (Lipinski definition) is 1. The molecule has 1 aliphatic rings. The van der Waals surface area contributed by atoms with Crippen LogP contribution >= 0.6 is 0 Å². The molecule has 0 aliphatic heterocycles. The third-order valence-electron chi connectivity index (χ3n) is 4.89. The van der Waals surface area contributed by atoms with Crippen LogP contribution in [0.25, 0.3) is 0 Å². The predicted molar refractivity (Wildman–Crippen MR) is 86.4 cm³/mol. The molecule has 1 aromatic carbocycles. The van der Waals surface area contributed by atoms with Crippen molar-refractivity contribution in [3.8, 4) is 0 Å². The minimum Gasteiger partial charge on any atom is -0.327 e. The van der Waals surface area contributed by atoms with Crippen LogP contribution in [0.2, 0.25) is 0 Å². The lowest BCUT2D eigenvalue weighted by Gasteiger charge is -2.40. The van der Waals surface area contributed by atoms with E-state index in [2.05, 4.69) is 56.0 Å². The van der Waals surface area contributed by atoms with E-state index >= 15 is 0 Å². The van der Waals surface area contributed by atoms with E-state index in [1.807, 2.05) is 0 Å². The summed E-state index contributed by atoms with van der Waals surface area (Å²) >= 11 is 0. The standard InChI is InChI=1S/C18H30N2/c1-4-20(12-16-8-6-5-7-9-16)13-17-15(3)10-14(2)11-18(17)19/h5-9,14-15,17-18H,4,10-13,19H2,1-3H3. The van der Waals surface area contributed by atoms with Gasteiger partial charge in [-0.25, -0.2) is 0 Å². The van der Waals surface area contributed by atoms with Gasteiger partial charge < -0.3 is 5.73 Å². The SMILES string of the molecule is CCN(Cc1ccccc1)CC1C(C)CC(C)CC1N. The summed E-state index contributed by atoms with van der Waals surface area (Å²) in [6.07, 6.45) is 2.53. The van der Waals surface area contributed by atoms with Crippen LogP contribution in [0.5, 0.6) is 0 Å². The van der Waals surface area contributed by atoms with E-state index in [-0.39, 0.29) is 0 Å². The molecule has 1 aliphatic carbocycles. The maximum absolute atomic E-state index is 6.43. The first-order valence-corrected chi connectivity index (χ1v) is 8.12. The Morgan fingerprint density at radius 3 is 2.45 bits per heavy atom. The van der Waals surface area contributed by atoms with Crippen molar-refractivity contribution in [3.63, 3.8) is 0 Å². The molecule has 2 N–H and O–H groups in total. The van der Waals surface area contributed by atoms with Gasteiger partial charge in [-0.1, -0.05) is 51.1 Å². The van der Waals surface area contributed by atoms with Crippen molar-refractivity contribution in [1.29, 1.82) is 0 Å². The van der Waals surface area contributed by atoms with Crippen LogP contribution in [0, 0.1) is 17.8 Å². The Bertz CT molecular complexity index is 378. The highest BCUT2D eigenvalue weighted by Gasteiger charge is 2.32. The lowest BCUT2D eigenvalue weighted by molar-refractivity contribution is 0.117. The molecule has 0 saturated heterocycles. The topological polar surface area (TPSA) is 29.3 Å². The molecule has 0 bridgehead atoms. The van der Waals surface area contributed by atoms with Gasteiger partial charge in [0.05, 0.1) is 0 Å². The smallest absolute Gasteiger partial charge is 0.0233 e. The van der Waals surface area contributed by atoms with Crippen LogP contribution in [-0.2, 0) is 6.54 Å². The number of nitrogens with zero attached hydrogens (tertiary/aromatic N) is 1. The normalized spacial score (nSPS) is 30.6. The summed E-state index contributed by atoms with van der Waals surface area (Å²) in [5.74, 6) is 2.19. The van der Waals surface area contributed by atoms with Gasteiger partial charge in [-0.3, -0.25) is 4.90 Å². The average Bonchev–Trinajstić information content (AvgIpc) is 2.42. The molecule has 112 valence electrons. The number of nitrogens with two attached hydrogens (primary N) is 1. The first kappa shape index (κ1) is 15.5. The van der Waals surface area contributed by atoms with Crippen LogP contribution < -0.4 is 5.73 Å². The van der Waals surface area contributed by atoms with Gasteiger partial charge in [-0.15, -0.1) is 0 Å². The summed E-state index contributed by atoms with van der Waals surface area (Å²) < 4.78 is 0. The second-order valence-corrected chi connectivity index (χ2v) is 6.69. The highest BCUT2D eigenvalue weighted by molar-refractivity contribution is 5.14. The summed E-state index contributed by atoms with van der Waals surface area (Å²) in [4.78, 5) is 2.55. The van der Waals surface area contributed by atoms with Crippen LogP contribution in [0.1, 0.15) is 39.2 Å². The van der Waals surface area contributed by atoms with Crippen molar-refractivity contribution in [3.05, 3.63) is 35.9 Å². The number of benzene rings is 1. The molecule has 20 heavy (non-hydrogen) atoms. The Morgan fingerprint density at radius 1 is 1.15 bits per heavy atom. The second-order valence-electron chi connectivity index (χ2n) is 6.69. The first-order valence-electron chi connectivity index (χ1n) is 8.12. The summed E-state index contributed by atoms with van der Waals surface area (Å²) in [5.41, 5.74) is 7.83. The molecular weight excluding hydrogens is 244 g/mol. The molecule has 1 fully saturated rings. The molecule has 1 aromatic rings. The largest absolute Gasteiger partial charge is 0.327 e. The molecule has 4 unspecified atom stereocenters. The molecule has 4 atom stereocenters. The summed E-state index contributed by atoms with van der Waals surface area (Å²) in [7, 11) is 0. The third-order valence-corrected chi connectivity index (χ3v) is 4.89. The molecule has 0 spiro atoms. The van der Waals surface area contributed by atoms with Gasteiger partial charge in [0, 0.05) is 19.1 Å². The van der Waals surface area contributed by atoms with E-state index in [1.165, 1.54) is 18.4 Å². The maximum Gasteiger partial charge on any atom is 0.0233 e. The van der Waals surface area contributed by atoms with Crippen molar-refractivity contribution >= 4 is 0 Å². The van der Waals surface area contributed by atoms with E-state index in [0.29, 0.717) is 12.0 Å². The molecule has 0 heterocycles. The Morgan fingerprint density at radius 2 is 1.85 bits per heavy atom. The second kappa shape index (κ2) is 7.24.